The molecule has 3 aromatic rings. The van der Waals surface area contributed by atoms with Crippen LogP contribution in [0, 0.1) is 12.3 Å². The first-order chi connectivity index (χ1) is 15.3. The van der Waals surface area contributed by atoms with Crippen LogP contribution in [-0.2, 0) is 11.2 Å². The zero-order valence-corrected chi connectivity index (χ0v) is 19.4. The van der Waals surface area contributed by atoms with Crippen molar-refractivity contribution in [3.63, 3.8) is 0 Å². The number of nitrogens with one attached hydrogen (secondary N) is 2. The van der Waals surface area contributed by atoms with Gasteiger partial charge in [0.25, 0.3) is 0 Å². The Labute approximate surface area is 198 Å². The zero-order valence-electron chi connectivity index (χ0n) is 18.6. The lowest BCUT2D eigenvalue weighted by Crippen LogP contribution is -2.38. The first kappa shape index (κ1) is 24.2. The highest BCUT2D eigenvalue weighted by atomic mass is 35.5. The SMILES string of the molecule is Cc1c2c(c3ccccc3c1O)OC(C)(CCOC(=O)c1ccc(NC(=N)N)cc1)CC2.Cl. The highest BCUT2D eigenvalue weighted by Gasteiger charge is 2.34. The van der Waals surface area contributed by atoms with Crippen LogP contribution >= 0.6 is 12.4 Å². The van der Waals surface area contributed by atoms with Gasteiger partial charge in [-0.1, -0.05) is 24.3 Å². The van der Waals surface area contributed by atoms with Gasteiger partial charge in [-0.05, 0) is 56.5 Å². The minimum Gasteiger partial charge on any atom is -0.507 e. The van der Waals surface area contributed by atoms with Gasteiger partial charge in [0.15, 0.2) is 5.96 Å². The van der Waals surface area contributed by atoms with Gasteiger partial charge in [0.05, 0.1) is 12.2 Å². The van der Waals surface area contributed by atoms with Crippen molar-refractivity contribution in [2.24, 2.45) is 5.73 Å². The molecule has 1 atom stereocenters. The van der Waals surface area contributed by atoms with E-state index in [0.717, 1.165) is 40.5 Å². The maximum absolute atomic E-state index is 12.4. The summed E-state index contributed by atoms with van der Waals surface area (Å²) in [7, 11) is 0. The quantitative estimate of drug-likeness (QED) is 0.239. The Morgan fingerprint density at radius 1 is 1.21 bits per heavy atom. The molecule has 1 heterocycles. The number of ether oxygens (including phenoxy) is 2. The Bertz CT molecular complexity index is 1200. The number of phenolic OH excluding ortho intramolecular Hbond substituents is 1. The van der Waals surface area contributed by atoms with Crippen LogP contribution in [0.15, 0.2) is 48.5 Å². The van der Waals surface area contributed by atoms with Crippen molar-refractivity contribution < 1.29 is 19.4 Å². The molecule has 1 unspecified atom stereocenters. The summed E-state index contributed by atoms with van der Waals surface area (Å²) in [6.45, 7) is 4.18. The predicted octanol–water partition coefficient (Wildman–Crippen LogP) is 4.91. The van der Waals surface area contributed by atoms with Crippen LogP contribution in [0.2, 0.25) is 0 Å². The first-order valence-electron chi connectivity index (χ1n) is 10.6. The maximum Gasteiger partial charge on any atom is 0.338 e. The number of benzene rings is 3. The van der Waals surface area contributed by atoms with Crippen LogP contribution in [0.4, 0.5) is 5.69 Å². The summed E-state index contributed by atoms with van der Waals surface area (Å²) in [5.74, 6) is 0.542. The number of fused-ring (bicyclic) bond motifs is 3. The fourth-order valence-corrected chi connectivity index (χ4v) is 4.13. The van der Waals surface area contributed by atoms with Crippen molar-refractivity contribution in [1.82, 2.24) is 0 Å². The third kappa shape index (κ3) is 4.98. The Morgan fingerprint density at radius 3 is 2.55 bits per heavy atom. The molecule has 0 amide bonds. The lowest BCUT2D eigenvalue weighted by Gasteiger charge is -2.37. The van der Waals surface area contributed by atoms with Gasteiger partial charge in [0, 0.05) is 28.4 Å². The van der Waals surface area contributed by atoms with E-state index in [-0.39, 0.29) is 25.0 Å². The topological polar surface area (TPSA) is 118 Å². The van der Waals surface area contributed by atoms with Gasteiger partial charge in [-0.3, -0.25) is 5.41 Å². The van der Waals surface area contributed by atoms with Crippen LogP contribution in [0.5, 0.6) is 11.5 Å². The molecule has 5 N–H and O–H groups in total. The maximum atomic E-state index is 12.4. The molecule has 174 valence electrons. The predicted molar refractivity (Wildman–Crippen MR) is 132 cm³/mol. The number of hydrogen-bond donors (Lipinski definition) is 4. The van der Waals surface area contributed by atoms with Crippen molar-refractivity contribution in [2.45, 2.75) is 38.7 Å². The second kappa shape index (κ2) is 9.58. The molecule has 0 saturated carbocycles. The molecule has 0 bridgehead atoms. The summed E-state index contributed by atoms with van der Waals surface area (Å²) >= 11 is 0. The molecule has 33 heavy (non-hydrogen) atoms. The van der Waals surface area contributed by atoms with Crippen molar-refractivity contribution in [3.8, 4) is 11.5 Å². The van der Waals surface area contributed by atoms with Crippen LogP contribution in [0.25, 0.3) is 10.8 Å². The standard InChI is InChI=1S/C25H27N3O4.ClH/c1-15-18-11-12-25(2,32-22(18)20-6-4-3-5-19(20)21(15)29)13-14-31-23(30)16-7-9-17(10-8-16)28-24(26)27;/h3-10,29H,11-14H2,1-2H3,(H4,26,27,28);1H. The summed E-state index contributed by atoms with van der Waals surface area (Å²) in [4.78, 5) is 12.4. The lowest BCUT2D eigenvalue weighted by molar-refractivity contribution is 0.0191. The van der Waals surface area contributed by atoms with E-state index in [1.165, 1.54) is 0 Å². The van der Waals surface area contributed by atoms with Gasteiger partial charge < -0.3 is 25.6 Å². The number of anilines is 1. The molecule has 8 heteroatoms. The number of carbonyl (C=O) groups is 1. The number of guanidine groups is 1. The second-order valence-corrected chi connectivity index (χ2v) is 8.38. The van der Waals surface area contributed by atoms with Gasteiger partial charge in [-0.15, -0.1) is 12.4 Å². The number of rotatable bonds is 5. The molecule has 0 aromatic heterocycles. The Morgan fingerprint density at radius 2 is 1.88 bits per heavy atom. The fourth-order valence-electron chi connectivity index (χ4n) is 4.13. The van der Waals surface area contributed by atoms with Gasteiger partial charge in [-0.2, -0.15) is 0 Å². The molecule has 1 aliphatic heterocycles. The summed E-state index contributed by atoms with van der Waals surface area (Å²) < 4.78 is 12.0. The van der Waals surface area contributed by atoms with Crippen LogP contribution in [0.3, 0.4) is 0 Å². The average molecular weight is 470 g/mol. The number of phenols is 1. The third-order valence-corrected chi connectivity index (χ3v) is 6.02. The van der Waals surface area contributed by atoms with E-state index in [4.69, 9.17) is 20.6 Å². The second-order valence-electron chi connectivity index (χ2n) is 8.38. The third-order valence-electron chi connectivity index (χ3n) is 6.02. The molecule has 0 spiro atoms. The molecule has 0 saturated heterocycles. The number of esters is 1. The van der Waals surface area contributed by atoms with E-state index < -0.39 is 11.6 Å². The number of hydrogen-bond acceptors (Lipinski definition) is 5. The molecule has 0 radical (unpaired) electrons. The van der Waals surface area contributed by atoms with Gasteiger partial charge >= 0.3 is 5.97 Å². The Balaban J connectivity index is 0.00000306. The van der Waals surface area contributed by atoms with Gasteiger partial charge in [0.1, 0.15) is 17.1 Å². The van der Waals surface area contributed by atoms with E-state index in [9.17, 15) is 9.90 Å². The van der Waals surface area contributed by atoms with E-state index in [2.05, 4.69) is 5.32 Å². The summed E-state index contributed by atoms with van der Waals surface area (Å²) in [5.41, 5.74) is 7.78. The smallest absolute Gasteiger partial charge is 0.338 e. The Kier molecular flexibility index (Phi) is 7.03. The minimum atomic E-state index is -0.477. The normalized spacial score (nSPS) is 16.8. The zero-order chi connectivity index (χ0) is 22.9. The van der Waals surface area contributed by atoms with Crippen LogP contribution in [0.1, 0.15) is 41.3 Å². The number of nitrogens with two attached hydrogens (primary N) is 1. The molecule has 3 aromatic carbocycles. The largest absolute Gasteiger partial charge is 0.507 e. The minimum absolute atomic E-state index is 0. The molecule has 4 rings (SSSR count). The van der Waals surface area contributed by atoms with Crippen molar-refractivity contribution >= 4 is 40.8 Å². The van der Waals surface area contributed by atoms with Crippen molar-refractivity contribution in [3.05, 3.63) is 65.2 Å². The number of halogens is 1. The van der Waals surface area contributed by atoms with Crippen LogP contribution < -0.4 is 15.8 Å². The molecular formula is C25H28ClN3O4. The summed E-state index contributed by atoms with van der Waals surface area (Å²) in [5, 5.41) is 22.2. The molecule has 7 nitrogen and oxygen atoms in total. The average Bonchev–Trinajstić information content (AvgIpc) is 2.77. The Hall–Kier alpha value is -3.45. The molecule has 1 aliphatic rings. The van der Waals surface area contributed by atoms with E-state index in [0.29, 0.717) is 23.4 Å². The fraction of sp³-hybridized carbons (Fsp3) is 0.280. The monoisotopic (exact) mass is 469 g/mol. The van der Waals surface area contributed by atoms with Gasteiger partial charge in [-0.25, -0.2) is 4.79 Å². The molecule has 0 fully saturated rings. The number of aromatic hydroxyl groups is 1. The summed E-state index contributed by atoms with van der Waals surface area (Å²) in [6, 6.07) is 14.3. The lowest BCUT2D eigenvalue weighted by atomic mass is 9.86. The van der Waals surface area contributed by atoms with Crippen LogP contribution in [-0.4, -0.2) is 29.2 Å². The highest BCUT2D eigenvalue weighted by Crippen LogP contribution is 2.45. The van der Waals surface area contributed by atoms with Gasteiger partial charge in [0.2, 0.25) is 0 Å². The summed E-state index contributed by atoms with van der Waals surface area (Å²) in [6.07, 6.45) is 2.10. The van der Waals surface area contributed by atoms with E-state index in [1.807, 2.05) is 38.1 Å². The highest BCUT2D eigenvalue weighted by molar-refractivity contribution is 5.96. The van der Waals surface area contributed by atoms with E-state index >= 15 is 0 Å². The van der Waals surface area contributed by atoms with Crippen molar-refractivity contribution in [2.75, 3.05) is 11.9 Å². The van der Waals surface area contributed by atoms with E-state index in [1.54, 1.807) is 24.3 Å². The first-order valence-corrected chi connectivity index (χ1v) is 10.6. The number of carbonyl (C=O) groups excluding carboxylic acids is 1. The molecular weight excluding hydrogens is 442 g/mol. The molecule has 0 aliphatic carbocycles. The van der Waals surface area contributed by atoms with Crippen molar-refractivity contribution in [1.29, 1.82) is 5.41 Å².